The molecule has 1 amide bonds. The highest BCUT2D eigenvalue weighted by atomic mass is 16.2. The van der Waals surface area contributed by atoms with E-state index in [-0.39, 0.29) is 11.9 Å². The van der Waals surface area contributed by atoms with Gasteiger partial charge in [-0.25, -0.2) is 4.98 Å². The lowest BCUT2D eigenvalue weighted by molar-refractivity contribution is -0.133. The number of imidazole rings is 1. The lowest BCUT2D eigenvalue weighted by atomic mass is 10.1. The molecule has 128 valence electrons. The molecule has 3 rings (SSSR count). The molecule has 2 aromatic rings. The van der Waals surface area contributed by atoms with E-state index in [0.29, 0.717) is 13.0 Å². The smallest absolute Gasteiger partial charge is 0.224 e. The predicted octanol–water partition coefficient (Wildman–Crippen LogP) is 2.63. The van der Waals surface area contributed by atoms with E-state index in [9.17, 15) is 4.79 Å². The van der Waals surface area contributed by atoms with Crippen LogP contribution in [0.3, 0.4) is 0 Å². The third-order valence-electron chi connectivity index (χ3n) is 4.84. The Labute approximate surface area is 143 Å². The fourth-order valence-electron chi connectivity index (χ4n) is 3.32. The molecule has 1 saturated heterocycles. The van der Waals surface area contributed by atoms with E-state index in [0.717, 1.165) is 25.5 Å². The number of benzene rings is 1. The van der Waals surface area contributed by atoms with Gasteiger partial charge in [0.1, 0.15) is 5.82 Å². The molecule has 0 unspecified atom stereocenters. The Balaban J connectivity index is 1.56. The average Bonchev–Trinajstić information content (AvgIpc) is 2.98. The van der Waals surface area contributed by atoms with Gasteiger partial charge in [-0.2, -0.15) is 0 Å². The molecule has 1 aromatic heterocycles. The number of hydrogen-bond acceptors (Lipinski definition) is 3. The van der Waals surface area contributed by atoms with Crippen molar-refractivity contribution in [3.05, 3.63) is 48.0 Å². The number of aromatic nitrogens is 2. The molecule has 0 spiro atoms. The lowest BCUT2D eigenvalue weighted by Gasteiger charge is -2.41. The van der Waals surface area contributed by atoms with Crippen molar-refractivity contribution in [2.75, 3.05) is 24.5 Å². The first kappa shape index (κ1) is 16.6. The van der Waals surface area contributed by atoms with E-state index in [1.165, 1.54) is 11.3 Å². The van der Waals surface area contributed by atoms with Gasteiger partial charge in [0.05, 0.1) is 0 Å². The normalized spacial score (nSPS) is 18.0. The summed E-state index contributed by atoms with van der Waals surface area (Å²) in [5.41, 5.74) is 2.52. The van der Waals surface area contributed by atoms with Crippen molar-refractivity contribution in [1.29, 1.82) is 0 Å². The van der Waals surface area contributed by atoms with Gasteiger partial charge >= 0.3 is 0 Å². The van der Waals surface area contributed by atoms with Gasteiger partial charge in [-0.05, 0) is 32.9 Å². The molecule has 0 N–H and O–H groups in total. The molecule has 5 nitrogen and oxygen atoms in total. The molecule has 24 heavy (non-hydrogen) atoms. The number of anilines is 1. The molecular formula is C19H26N4O. The Bertz CT molecular complexity index is 692. The van der Waals surface area contributed by atoms with Crippen LogP contribution in [-0.4, -0.2) is 46.0 Å². The maximum absolute atomic E-state index is 12.6. The van der Waals surface area contributed by atoms with Crippen LogP contribution in [0, 0.1) is 13.8 Å². The zero-order valence-corrected chi connectivity index (χ0v) is 14.8. The number of aryl methyl sites for hydroxylation is 3. The third kappa shape index (κ3) is 3.61. The number of hydrogen-bond donors (Lipinski definition) is 0. The molecule has 1 atom stereocenters. The van der Waals surface area contributed by atoms with Crippen LogP contribution in [0.15, 0.2) is 36.7 Å². The number of rotatable bonds is 4. The molecule has 1 fully saturated rings. The molecule has 2 heterocycles. The quantitative estimate of drug-likeness (QED) is 0.867. The Hall–Kier alpha value is -2.30. The first-order valence-corrected chi connectivity index (χ1v) is 8.63. The molecule has 0 bridgehead atoms. The van der Waals surface area contributed by atoms with E-state index >= 15 is 0 Å². The fourth-order valence-corrected chi connectivity index (χ4v) is 3.32. The van der Waals surface area contributed by atoms with Gasteiger partial charge in [-0.1, -0.05) is 17.7 Å². The SMILES string of the molecule is Cc1ccc(N2CCN(C(=O)CCn3ccnc3C)[C@H](C)C2)cc1. The Morgan fingerprint density at radius 2 is 1.96 bits per heavy atom. The van der Waals surface area contributed by atoms with Gasteiger partial charge in [0.2, 0.25) is 5.91 Å². The minimum atomic E-state index is 0.233. The van der Waals surface area contributed by atoms with Crippen LogP contribution in [0.4, 0.5) is 5.69 Å². The standard InChI is InChI=1S/C19H26N4O/c1-15-4-6-18(7-5-15)22-12-13-23(16(2)14-22)19(24)8-10-21-11-9-20-17(21)3/h4-7,9,11,16H,8,10,12-14H2,1-3H3/t16-/m1/s1. The highest BCUT2D eigenvalue weighted by Crippen LogP contribution is 2.20. The van der Waals surface area contributed by atoms with E-state index in [1.807, 2.05) is 22.6 Å². The van der Waals surface area contributed by atoms with Crippen LogP contribution in [-0.2, 0) is 11.3 Å². The largest absolute Gasteiger partial charge is 0.368 e. The van der Waals surface area contributed by atoms with E-state index in [4.69, 9.17) is 0 Å². The van der Waals surface area contributed by atoms with Crippen molar-refractivity contribution in [2.45, 2.75) is 39.8 Å². The molecule has 1 aliphatic rings. The number of carbonyl (C=O) groups is 1. The van der Waals surface area contributed by atoms with E-state index in [1.54, 1.807) is 6.20 Å². The van der Waals surface area contributed by atoms with Gasteiger partial charge in [-0.3, -0.25) is 4.79 Å². The van der Waals surface area contributed by atoms with Crippen molar-refractivity contribution in [2.24, 2.45) is 0 Å². The van der Waals surface area contributed by atoms with Crippen molar-refractivity contribution in [3.63, 3.8) is 0 Å². The maximum Gasteiger partial charge on any atom is 0.224 e. The summed E-state index contributed by atoms with van der Waals surface area (Å²) in [6.07, 6.45) is 4.25. The highest BCUT2D eigenvalue weighted by Gasteiger charge is 2.27. The summed E-state index contributed by atoms with van der Waals surface area (Å²) >= 11 is 0. The number of nitrogens with zero attached hydrogens (tertiary/aromatic N) is 4. The monoisotopic (exact) mass is 326 g/mol. The van der Waals surface area contributed by atoms with Gasteiger partial charge in [-0.15, -0.1) is 0 Å². The van der Waals surface area contributed by atoms with Crippen molar-refractivity contribution in [3.8, 4) is 0 Å². The van der Waals surface area contributed by atoms with Crippen LogP contribution in [0.25, 0.3) is 0 Å². The zero-order valence-electron chi connectivity index (χ0n) is 14.8. The second kappa shape index (κ2) is 7.07. The number of amides is 1. The first-order valence-electron chi connectivity index (χ1n) is 8.63. The average molecular weight is 326 g/mol. The second-order valence-corrected chi connectivity index (χ2v) is 6.64. The Morgan fingerprint density at radius 3 is 2.58 bits per heavy atom. The molecule has 0 saturated carbocycles. The van der Waals surface area contributed by atoms with Gasteiger partial charge < -0.3 is 14.4 Å². The lowest BCUT2D eigenvalue weighted by Crippen LogP contribution is -2.54. The fraction of sp³-hybridized carbons (Fsp3) is 0.474. The summed E-state index contributed by atoms with van der Waals surface area (Å²) in [6.45, 7) is 9.48. The van der Waals surface area contributed by atoms with Crippen LogP contribution < -0.4 is 4.90 Å². The number of piperazine rings is 1. The van der Waals surface area contributed by atoms with Crippen LogP contribution in [0.2, 0.25) is 0 Å². The van der Waals surface area contributed by atoms with Gasteiger partial charge in [0.15, 0.2) is 0 Å². The zero-order chi connectivity index (χ0) is 17.1. The van der Waals surface area contributed by atoms with Crippen molar-refractivity contribution < 1.29 is 4.79 Å². The topological polar surface area (TPSA) is 41.4 Å². The maximum atomic E-state index is 12.6. The molecule has 0 radical (unpaired) electrons. The summed E-state index contributed by atoms with van der Waals surface area (Å²) in [5.74, 6) is 1.19. The second-order valence-electron chi connectivity index (χ2n) is 6.64. The Kier molecular flexibility index (Phi) is 4.88. The third-order valence-corrected chi connectivity index (χ3v) is 4.84. The van der Waals surface area contributed by atoms with Crippen LogP contribution in [0.1, 0.15) is 24.7 Å². The molecule has 5 heteroatoms. The predicted molar refractivity (Wildman–Crippen MR) is 96.1 cm³/mol. The van der Waals surface area contributed by atoms with E-state index in [2.05, 4.69) is 48.0 Å². The molecule has 1 aliphatic heterocycles. The van der Waals surface area contributed by atoms with Gasteiger partial charge in [0, 0.05) is 56.7 Å². The molecule has 0 aliphatic carbocycles. The number of carbonyl (C=O) groups excluding carboxylic acids is 1. The molecular weight excluding hydrogens is 300 g/mol. The minimum Gasteiger partial charge on any atom is -0.368 e. The van der Waals surface area contributed by atoms with Gasteiger partial charge in [0.25, 0.3) is 0 Å². The summed E-state index contributed by atoms with van der Waals surface area (Å²) in [5, 5.41) is 0. The van der Waals surface area contributed by atoms with Crippen LogP contribution in [0.5, 0.6) is 0 Å². The summed E-state index contributed by atoms with van der Waals surface area (Å²) < 4.78 is 2.03. The summed E-state index contributed by atoms with van der Waals surface area (Å²) in [6, 6.07) is 8.86. The first-order chi connectivity index (χ1) is 11.5. The van der Waals surface area contributed by atoms with Crippen LogP contribution >= 0.6 is 0 Å². The minimum absolute atomic E-state index is 0.233. The van der Waals surface area contributed by atoms with E-state index < -0.39 is 0 Å². The van der Waals surface area contributed by atoms with Crippen molar-refractivity contribution in [1.82, 2.24) is 14.5 Å². The molecule has 1 aromatic carbocycles. The summed E-state index contributed by atoms with van der Waals surface area (Å²) in [7, 11) is 0. The Morgan fingerprint density at radius 1 is 1.21 bits per heavy atom. The summed E-state index contributed by atoms with van der Waals surface area (Å²) in [4.78, 5) is 21.2. The highest BCUT2D eigenvalue weighted by molar-refractivity contribution is 5.77. The van der Waals surface area contributed by atoms with Crippen molar-refractivity contribution >= 4 is 11.6 Å².